The summed E-state index contributed by atoms with van der Waals surface area (Å²) < 4.78 is 5.22. The highest BCUT2D eigenvalue weighted by molar-refractivity contribution is 6.30. The molecule has 1 unspecified atom stereocenters. The van der Waals surface area contributed by atoms with Gasteiger partial charge in [-0.3, -0.25) is 14.4 Å². The third-order valence-corrected chi connectivity index (χ3v) is 4.22. The van der Waals surface area contributed by atoms with Gasteiger partial charge in [-0.2, -0.15) is 5.10 Å². The number of halogens is 1. The molecule has 0 radical (unpaired) electrons. The van der Waals surface area contributed by atoms with Crippen LogP contribution in [0.3, 0.4) is 0 Å². The zero-order valence-corrected chi connectivity index (χ0v) is 17.3. The van der Waals surface area contributed by atoms with E-state index in [0.29, 0.717) is 21.9 Å². The largest absolute Gasteiger partial charge is 0.484 e. The molecule has 4 N–H and O–H groups in total. The van der Waals surface area contributed by atoms with Crippen LogP contribution in [0.25, 0.3) is 0 Å². The van der Waals surface area contributed by atoms with E-state index >= 15 is 0 Å². The Morgan fingerprint density at radius 1 is 1.17 bits per heavy atom. The van der Waals surface area contributed by atoms with Gasteiger partial charge in [-0.15, -0.1) is 0 Å². The van der Waals surface area contributed by atoms with E-state index in [1.165, 1.54) is 6.21 Å². The lowest BCUT2D eigenvalue weighted by molar-refractivity contribution is -0.124. The maximum absolute atomic E-state index is 12.5. The summed E-state index contributed by atoms with van der Waals surface area (Å²) >= 11 is 5.83. The Labute approximate surface area is 179 Å². The van der Waals surface area contributed by atoms with Crippen LogP contribution < -0.4 is 21.2 Å². The Balaban J connectivity index is 1.98. The number of primary amides is 1. The van der Waals surface area contributed by atoms with Crippen LogP contribution in [0.1, 0.15) is 29.8 Å². The molecule has 2 aromatic carbocycles. The van der Waals surface area contributed by atoms with E-state index in [4.69, 9.17) is 22.1 Å². The number of rotatable bonds is 9. The number of carbonyl (C=O) groups excluding carboxylic acids is 3. The number of nitrogens with one attached hydrogen (secondary N) is 2. The third-order valence-electron chi connectivity index (χ3n) is 3.97. The summed E-state index contributed by atoms with van der Waals surface area (Å²) in [7, 11) is 0. The number of carbonyl (C=O) groups is 3. The van der Waals surface area contributed by atoms with Crippen LogP contribution >= 0.6 is 11.6 Å². The minimum absolute atomic E-state index is 0.165. The maximum Gasteiger partial charge on any atom is 0.262 e. The number of benzene rings is 2. The number of hydrogen-bond acceptors (Lipinski definition) is 5. The topological polar surface area (TPSA) is 123 Å². The predicted octanol–water partition coefficient (Wildman–Crippen LogP) is 2.11. The molecule has 1 atom stereocenters. The number of ether oxygens (including phenoxy) is 1. The van der Waals surface area contributed by atoms with Crippen molar-refractivity contribution in [3.63, 3.8) is 0 Å². The molecule has 158 valence electrons. The van der Waals surface area contributed by atoms with Gasteiger partial charge >= 0.3 is 0 Å². The van der Waals surface area contributed by atoms with Gasteiger partial charge in [0.25, 0.3) is 17.7 Å². The molecule has 0 saturated carbocycles. The molecule has 9 heteroatoms. The zero-order chi connectivity index (χ0) is 22.1. The van der Waals surface area contributed by atoms with Gasteiger partial charge in [0, 0.05) is 10.6 Å². The number of nitrogens with two attached hydrogens (primary N) is 1. The highest BCUT2D eigenvalue weighted by Crippen LogP contribution is 2.12. The van der Waals surface area contributed by atoms with E-state index in [0.717, 1.165) is 0 Å². The summed E-state index contributed by atoms with van der Waals surface area (Å²) in [5, 5.41) is 7.15. The summed E-state index contributed by atoms with van der Waals surface area (Å²) in [6, 6.07) is 12.4. The summed E-state index contributed by atoms with van der Waals surface area (Å²) in [6.07, 6.45) is 1.42. The van der Waals surface area contributed by atoms with Crippen LogP contribution in [0.5, 0.6) is 5.75 Å². The van der Waals surface area contributed by atoms with Crippen molar-refractivity contribution >= 4 is 35.5 Å². The average molecular weight is 431 g/mol. The Morgan fingerprint density at radius 2 is 1.87 bits per heavy atom. The first-order chi connectivity index (χ1) is 14.3. The van der Waals surface area contributed by atoms with E-state index in [9.17, 15) is 14.4 Å². The molecule has 0 aromatic heterocycles. The second-order valence-corrected chi connectivity index (χ2v) is 7.20. The minimum atomic E-state index is -0.782. The van der Waals surface area contributed by atoms with Crippen molar-refractivity contribution in [2.75, 3.05) is 6.61 Å². The highest BCUT2D eigenvalue weighted by Gasteiger charge is 2.24. The van der Waals surface area contributed by atoms with Crippen molar-refractivity contribution in [2.24, 2.45) is 16.8 Å². The van der Waals surface area contributed by atoms with Crippen molar-refractivity contribution in [3.05, 3.63) is 64.7 Å². The molecular weight excluding hydrogens is 408 g/mol. The molecule has 0 aliphatic heterocycles. The SMILES string of the molecule is CC(C)C(NC(=O)c1ccc(Cl)cc1)C(=O)N/N=C/c1cccc(OCC(N)=O)c1. The van der Waals surface area contributed by atoms with Crippen molar-refractivity contribution in [2.45, 2.75) is 19.9 Å². The monoisotopic (exact) mass is 430 g/mol. The fraction of sp³-hybridized carbons (Fsp3) is 0.238. The Kier molecular flexibility index (Phi) is 8.37. The lowest BCUT2D eigenvalue weighted by atomic mass is 10.0. The van der Waals surface area contributed by atoms with E-state index in [-0.39, 0.29) is 18.4 Å². The number of amides is 3. The predicted molar refractivity (Wildman–Crippen MR) is 114 cm³/mol. The van der Waals surface area contributed by atoms with E-state index in [1.54, 1.807) is 48.5 Å². The van der Waals surface area contributed by atoms with Gasteiger partial charge in [-0.25, -0.2) is 5.43 Å². The molecule has 0 saturated heterocycles. The normalized spacial score (nSPS) is 11.9. The van der Waals surface area contributed by atoms with Crippen LogP contribution in [0.15, 0.2) is 53.6 Å². The summed E-state index contributed by atoms with van der Waals surface area (Å²) in [6.45, 7) is 3.39. The van der Waals surface area contributed by atoms with Crippen LogP contribution in [0.2, 0.25) is 5.02 Å². The molecule has 8 nitrogen and oxygen atoms in total. The summed E-state index contributed by atoms with van der Waals surface area (Å²) in [5.74, 6) is -1.14. The first-order valence-electron chi connectivity index (χ1n) is 9.16. The quantitative estimate of drug-likeness (QED) is 0.416. The fourth-order valence-corrected chi connectivity index (χ4v) is 2.57. The van der Waals surface area contributed by atoms with Gasteiger partial charge in [0.1, 0.15) is 11.8 Å². The first-order valence-corrected chi connectivity index (χ1v) is 9.54. The molecule has 30 heavy (non-hydrogen) atoms. The average Bonchev–Trinajstić information content (AvgIpc) is 2.70. The van der Waals surface area contributed by atoms with Crippen LogP contribution in [0.4, 0.5) is 0 Å². The van der Waals surface area contributed by atoms with Gasteiger partial charge in [-0.1, -0.05) is 37.6 Å². The molecular formula is C21H23ClN4O4. The third kappa shape index (κ3) is 7.21. The number of hydrazone groups is 1. The molecule has 3 amide bonds. The smallest absolute Gasteiger partial charge is 0.262 e. The molecule has 0 heterocycles. The first kappa shape index (κ1) is 22.9. The van der Waals surface area contributed by atoms with Crippen molar-refractivity contribution in [1.29, 1.82) is 0 Å². The molecule has 0 aliphatic carbocycles. The van der Waals surface area contributed by atoms with Crippen molar-refractivity contribution in [1.82, 2.24) is 10.7 Å². The Hall–Kier alpha value is -3.39. The maximum atomic E-state index is 12.5. The molecule has 2 rings (SSSR count). The van der Waals surface area contributed by atoms with E-state index in [2.05, 4.69) is 15.8 Å². The molecule has 0 spiro atoms. The van der Waals surface area contributed by atoms with Crippen LogP contribution in [-0.4, -0.2) is 36.6 Å². The van der Waals surface area contributed by atoms with Crippen molar-refractivity contribution < 1.29 is 19.1 Å². The van der Waals surface area contributed by atoms with Gasteiger partial charge in [-0.05, 0) is 47.9 Å². The van der Waals surface area contributed by atoms with E-state index in [1.807, 2.05) is 13.8 Å². The molecule has 0 fully saturated rings. The lowest BCUT2D eigenvalue weighted by Gasteiger charge is -2.20. The Morgan fingerprint density at radius 3 is 2.50 bits per heavy atom. The zero-order valence-electron chi connectivity index (χ0n) is 16.6. The molecule has 2 aromatic rings. The number of nitrogens with zero attached hydrogens (tertiary/aromatic N) is 1. The second kappa shape index (κ2) is 11.0. The molecule has 0 aliphatic rings. The second-order valence-electron chi connectivity index (χ2n) is 6.76. The minimum Gasteiger partial charge on any atom is -0.484 e. The summed E-state index contributed by atoms with van der Waals surface area (Å²) in [5.41, 5.74) is 8.52. The highest BCUT2D eigenvalue weighted by atomic mass is 35.5. The van der Waals surface area contributed by atoms with Gasteiger partial charge < -0.3 is 15.8 Å². The fourth-order valence-electron chi connectivity index (χ4n) is 2.44. The van der Waals surface area contributed by atoms with Gasteiger partial charge in [0.15, 0.2) is 6.61 Å². The Bertz CT molecular complexity index is 929. The standard InChI is InChI=1S/C21H23ClN4O4/c1-13(2)19(25-20(28)15-6-8-16(22)9-7-15)21(29)26-24-11-14-4-3-5-17(10-14)30-12-18(23)27/h3-11,13,19H,12H2,1-2H3,(H2,23,27)(H,25,28)(H,26,29)/b24-11+. The van der Waals surface area contributed by atoms with Gasteiger partial charge in [0.2, 0.25) is 0 Å². The van der Waals surface area contributed by atoms with Gasteiger partial charge in [0.05, 0.1) is 6.21 Å². The summed E-state index contributed by atoms with van der Waals surface area (Å²) in [4.78, 5) is 35.7. The lowest BCUT2D eigenvalue weighted by Crippen LogP contribution is -2.48. The molecule has 0 bridgehead atoms. The van der Waals surface area contributed by atoms with E-state index < -0.39 is 17.9 Å². The van der Waals surface area contributed by atoms with Crippen LogP contribution in [-0.2, 0) is 9.59 Å². The van der Waals surface area contributed by atoms with Crippen molar-refractivity contribution in [3.8, 4) is 5.75 Å². The van der Waals surface area contributed by atoms with Crippen LogP contribution in [0, 0.1) is 5.92 Å². The number of hydrogen-bond donors (Lipinski definition) is 3.